The standard InChI is InChI=1S/C14H25N5O2/c1-12(2)19-13(3-4-15-19)16-14(21)11-18-7-5-17(6-8-18)9-10-20/h3-4,12,20H,5-11H2,1-2H3,(H,16,21). The Morgan fingerprint density at radius 3 is 2.62 bits per heavy atom. The van der Waals surface area contributed by atoms with Gasteiger partial charge in [-0.05, 0) is 13.8 Å². The quantitative estimate of drug-likeness (QED) is 0.773. The van der Waals surface area contributed by atoms with Crippen molar-refractivity contribution in [2.24, 2.45) is 0 Å². The fourth-order valence-electron chi connectivity index (χ4n) is 2.52. The van der Waals surface area contributed by atoms with Gasteiger partial charge in [-0.3, -0.25) is 14.6 Å². The van der Waals surface area contributed by atoms with E-state index in [0.717, 1.165) is 32.0 Å². The average Bonchev–Trinajstić information content (AvgIpc) is 2.89. The SMILES string of the molecule is CC(C)n1nccc1NC(=O)CN1CCN(CCO)CC1. The van der Waals surface area contributed by atoms with E-state index in [-0.39, 0.29) is 18.6 Å². The number of nitrogens with one attached hydrogen (secondary N) is 1. The summed E-state index contributed by atoms with van der Waals surface area (Å²) >= 11 is 0. The van der Waals surface area contributed by atoms with Crippen LogP contribution in [0.25, 0.3) is 0 Å². The third kappa shape index (κ3) is 4.52. The number of rotatable bonds is 6. The second-order valence-electron chi connectivity index (χ2n) is 5.64. The number of hydrogen-bond donors (Lipinski definition) is 2. The molecule has 1 fully saturated rings. The van der Waals surface area contributed by atoms with E-state index in [1.807, 2.05) is 19.9 Å². The number of aliphatic hydroxyl groups is 1. The average molecular weight is 295 g/mol. The van der Waals surface area contributed by atoms with E-state index in [9.17, 15) is 4.79 Å². The van der Waals surface area contributed by atoms with Crippen LogP contribution in [0.4, 0.5) is 5.82 Å². The third-order valence-electron chi connectivity index (χ3n) is 3.68. The van der Waals surface area contributed by atoms with Gasteiger partial charge in [0.25, 0.3) is 0 Å². The normalized spacial score (nSPS) is 17.3. The molecule has 118 valence electrons. The molecule has 1 saturated heterocycles. The summed E-state index contributed by atoms with van der Waals surface area (Å²) in [6.45, 7) is 8.89. The van der Waals surface area contributed by atoms with E-state index in [1.165, 1.54) is 0 Å². The summed E-state index contributed by atoms with van der Waals surface area (Å²) < 4.78 is 1.80. The first kappa shape index (κ1) is 15.9. The van der Waals surface area contributed by atoms with Crippen LogP contribution in [0.1, 0.15) is 19.9 Å². The molecule has 1 aliphatic rings. The molecule has 7 nitrogen and oxygen atoms in total. The first-order valence-corrected chi connectivity index (χ1v) is 7.49. The fraction of sp³-hybridized carbons (Fsp3) is 0.714. The topological polar surface area (TPSA) is 73.6 Å². The number of β-amino-alcohol motifs (C(OH)–C–C–N with tert-alkyl or cyclic N) is 1. The number of piperazine rings is 1. The van der Waals surface area contributed by atoms with Gasteiger partial charge in [0.15, 0.2) is 0 Å². The zero-order valence-corrected chi connectivity index (χ0v) is 12.8. The van der Waals surface area contributed by atoms with Crippen LogP contribution in [0.3, 0.4) is 0 Å². The van der Waals surface area contributed by atoms with Crippen molar-refractivity contribution < 1.29 is 9.90 Å². The molecular weight excluding hydrogens is 270 g/mol. The van der Waals surface area contributed by atoms with Crippen LogP contribution in [0.5, 0.6) is 0 Å². The minimum Gasteiger partial charge on any atom is -0.395 e. The van der Waals surface area contributed by atoms with Crippen molar-refractivity contribution >= 4 is 11.7 Å². The van der Waals surface area contributed by atoms with Gasteiger partial charge in [-0.2, -0.15) is 5.10 Å². The Hall–Kier alpha value is -1.44. The second-order valence-corrected chi connectivity index (χ2v) is 5.64. The monoisotopic (exact) mass is 295 g/mol. The third-order valence-corrected chi connectivity index (χ3v) is 3.68. The first-order chi connectivity index (χ1) is 10.1. The second kappa shape index (κ2) is 7.53. The molecule has 0 atom stereocenters. The number of aromatic nitrogens is 2. The van der Waals surface area contributed by atoms with Crippen molar-refractivity contribution in [2.75, 3.05) is 51.2 Å². The molecule has 21 heavy (non-hydrogen) atoms. The van der Waals surface area contributed by atoms with Crippen LogP contribution in [-0.2, 0) is 4.79 Å². The summed E-state index contributed by atoms with van der Waals surface area (Å²) in [7, 11) is 0. The van der Waals surface area contributed by atoms with Crippen LogP contribution in [0.2, 0.25) is 0 Å². The van der Waals surface area contributed by atoms with Gasteiger partial charge in [0.1, 0.15) is 5.82 Å². The summed E-state index contributed by atoms with van der Waals surface area (Å²) in [5, 5.41) is 16.0. The maximum Gasteiger partial charge on any atom is 0.239 e. The Balaban J connectivity index is 1.79. The minimum atomic E-state index is -0.00647. The van der Waals surface area contributed by atoms with Crippen LogP contribution in [-0.4, -0.2) is 76.5 Å². The molecule has 1 aromatic rings. The number of nitrogens with zero attached hydrogens (tertiary/aromatic N) is 4. The molecule has 0 aliphatic carbocycles. The molecule has 0 spiro atoms. The van der Waals surface area contributed by atoms with Crippen molar-refractivity contribution in [3.05, 3.63) is 12.3 Å². The predicted molar refractivity (Wildman–Crippen MR) is 81.2 cm³/mol. The largest absolute Gasteiger partial charge is 0.395 e. The predicted octanol–water partition coefficient (Wildman–Crippen LogP) is 0.0124. The van der Waals surface area contributed by atoms with Crippen LogP contribution < -0.4 is 5.32 Å². The zero-order chi connectivity index (χ0) is 15.2. The lowest BCUT2D eigenvalue weighted by molar-refractivity contribution is -0.117. The van der Waals surface area contributed by atoms with Gasteiger partial charge in [-0.25, -0.2) is 4.68 Å². The van der Waals surface area contributed by atoms with Crippen molar-refractivity contribution in [2.45, 2.75) is 19.9 Å². The molecule has 0 bridgehead atoms. The molecule has 1 aromatic heterocycles. The smallest absolute Gasteiger partial charge is 0.239 e. The Labute approximate surface area is 125 Å². The zero-order valence-electron chi connectivity index (χ0n) is 12.8. The van der Waals surface area contributed by atoms with Crippen molar-refractivity contribution in [3.8, 4) is 0 Å². The highest BCUT2D eigenvalue weighted by atomic mass is 16.3. The summed E-state index contributed by atoms with van der Waals surface area (Å²) in [6.07, 6.45) is 1.70. The number of anilines is 1. The fourth-order valence-corrected chi connectivity index (χ4v) is 2.52. The highest BCUT2D eigenvalue weighted by molar-refractivity contribution is 5.91. The van der Waals surface area contributed by atoms with Gasteiger partial charge < -0.3 is 10.4 Å². The van der Waals surface area contributed by atoms with Gasteiger partial charge in [-0.1, -0.05) is 0 Å². The summed E-state index contributed by atoms with van der Waals surface area (Å²) in [5.41, 5.74) is 0. The molecule has 0 radical (unpaired) electrons. The highest BCUT2D eigenvalue weighted by Crippen LogP contribution is 2.13. The minimum absolute atomic E-state index is 0.00647. The molecule has 2 rings (SSSR count). The Kier molecular flexibility index (Phi) is 5.72. The molecule has 1 amide bonds. The van der Waals surface area contributed by atoms with Crippen molar-refractivity contribution in [3.63, 3.8) is 0 Å². The maximum atomic E-state index is 12.1. The van der Waals surface area contributed by atoms with Gasteiger partial charge in [-0.15, -0.1) is 0 Å². The van der Waals surface area contributed by atoms with Gasteiger partial charge >= 0.3 is 0 Å². The van der Waals surface area contributed by atoms with E-state index in [4.69, 9.17) is 5.11 Å². The number of aliphatic hydroxyl groups excluding tert-OH is 1. The summed E-state index contributed by atoms with van der Waals surface area (Å²) in [6, 6.07) is 2.04. The first-order valence-electron chi connectivity index (χ1n) is 7.49. The molecule has 0 unspecified atom stereocenters. The number of carbonyl (C=O) groups excluding carboxylic acids is 1. The summed E-state index contributed by atoms with van der Waals surface area (Å²) in [4.78, 5) is 16.5. The van der Waals surface area contributed by atoms with E-state index in [2.05, 4.69) is 20.2 Å². The van der Waals surface area contributed by atoms with Crippen LogP contribution >= 0.6 is 0 Å². The molecule has 2 heterocycles. The molecule has 7 heteroatoms. The molecule has 0 saturated carbocycles. The lowest BCUT2D eigenvalue weighted by atomic mass is 10.3. The molecular formula is C14H25N5O2. The number of hydrogen-bond acceptors (Lipinski definition) is 5. The van der Waals surface area contributed by atoms with Gasteiger partial charge in [0, 0.05) is 44.8 Å². The van der Waals surface area contributed by atoms with Crippen molar-refractivity contribution in [1.29, 1.82) is 0 Å². The van der Waals surface area contributed by atoms with Gasteiger partial charge in [0.05, 0.1) is 19.3 Å². The molecule has 1 aliphatic heterocycles. The summed E-state index contributed by atoms with van der Waals surface area (Å²) in [5.74, 6) is 0.738. The Bertz CT molecular complexity index is 452. The van der Waals surface area contributed by atoms with E-state index in [1.54, 1.807) is 10.9 Å². The number of amides is 1. The van der Waals surface area contributed by atoms with Crippen LogP contribution in [0, 0.1) is 0 Å². The van der Waals surface area contributed by atoms with E-state index >= 15 is 0 Å². The molecule has 2 N–H and O–H groups in total. The Morgan fingerprint density at radius 1 is 1.33 bits per heavy atom. The highest BCUT2D eigenvalue weighted by Gasteiger charge is 2.19. The Morgan fingerprint density at radius 2 is 2.00 bits per heavy atom. The number of carbonyl (C=O) groups is 1. The van der Waals surface area contributed by atoms with E-state index in [0.29, 0.717) is 13.1 Å². The van der Waals surface area contributed by atoms with Gasteiger partial charge in [0.2, 0.25) is 5.91 Å². The lowest BCUT2D eigenvalue weighted by Gasteiger charge is -2.33. The van der Waals surface area contributed by atoms with E-state index < -0.39 is 0 Å². The lowest BCUT2D eigenvalue weighted by Crippen LogP contribution is -2.49. The maximum absolute atomic E-state index is 12.1. The van der Waals surface area contributed by atoms with Crippen LogP contribution in [0.15, 0.2) is 12.3 Å². The van der Waals surface area contributed by atoms with Crippen molar-refractivity contribution in [1.82, 2.24) is 19.6 Å². The molecule has 0 aromatic carbocycles.